The van der Waals surface area contributed by atoms with E-state index < -0.39 is 6.04 Å². The molecule has 0 unspecified atom stereocenters. The Bertz CT molecular complexity index is 405. The van der Waals surface area contributed by atoms with Crippen LogP contribution in [0.2, 0.25) is 0 Å². The van der Waals surface area contributed by atoms with Gasteiger partial charge in [-0.05, 0) is 29.9 Å². The highest BCUT2D eigenvalue weighted by Crippen LogP contribution is 2.21. The van der Waals surface area contributed by atoms with Crippen LogP contribution in [-0.4, -0.2) is 18.0 Å². The Morgan fingerprint density at radius 2 is 1.94 bits per heavy atom. The Morgan fingerprint density at radius 3 is 2.44 bits per heavy atom. The summed E-state index contributed by atoms with van der Waals surface area (Å²) in [5.74, 6) is 0.218. The van der Waals surface area contributed by atoms with Crippen LogP contribution in [0.15, 0.2) is 24.3 Å². The molecule has 0 saturated heterocycles. The molecule has 0 radical (unpaired) electrons. The van der Waals surface area contributed by atoms with Crippen molar-refractivity contribution in [2.24, 2.45) is 11.7 Å². The normalized spacial score (nSPS) is 18.2. The minimum Gasteiger partial charge on any atom is -0.351 e. The molecular weight excluding hydrogens is 224 g/mol. The number of hydrogen-bond acceptors (Lipinski definition) is 2. The number of hydrogen-bond donors (Lipinski definition) is 2. The zero-order valence-electron chi connectivity index (χ0n) is 11.1. The number of fused-ring (bicyclic) bond motifs is 1. The third-order valence-electron chi connectivity index (χ3n) is 3.96. The van der Waals surface area contributed by atoms with Crippen molar-refractivity contribution in [1.29, 1.82) is 0 Å². The standard InChI is InChI=1S/C15H22N2O/c1-3-10(2)14(16)15(18)17-13-8-11-6-4-5-7-12(11)9-13/h4-7,10,13-14H,3,8-9,16H2,1-2H3,(H,17,18)/t10-,14-/m0/s1. The van der Waals surface area contributed by atoms with E-state index in [4.69, 9.17) is 5.73 Å². The van der Waals surface area contributed by atoms with E-state index in [1.165, 1.54) is 11.1 Å². The van der Waals surface area contributed by atoms with E-state index in [9.17, 15) is 4.79 Å². The van der Waals surface area contributed by atoms with Crippen molar-refractivity contribution in [3.63, 3.8) is 0 Å². The van der Waals surface area contributed by atoms with Gasteiger partial charge in [0, 0.05) is 6.04 Å². The summed E-state index contributed by atoms with van der Waals surface area (Å²) in [6, 6.07) is 8.19. The summed E-state index contributed by atoms with van der Waals surface area (Å²) in [7, 11) is 0. The summed E-state index contributed by atoms with van der Waals surface area (Å²) in [6.45, 7) is 4.08. The van der Waals surface area contributed by atoms with Crippen LogP contribution in [0, 0.1) is 5.92 Å². The molecule has 18 heavy (non-hydrogen) atoms. The van der Waals surface area contributed by atoms with E-state index in [0.29, 0.717) is 0 Å². The zero-order valence-corrected chi connectivity index (χ0v) is 11.1. The smallest absolute Gasteiger partial charge is 0.237 e. The molecule has 1 aliphatic rings. The van der Waals surface area contributed by atoms with Crippen LogP contribution in [0.5, 0.6) is 0 Å². The van der Waals surface area contributed by atoms with Crippen LogP contribution in [0.4, 0.5) is 0 Å². The van der Waals surface area contributed by atoms with Crippen LogP contribution in [-0.2, 0) is 17.6 Å². The van der Waals surface area contributed by atoms with Crippen molar-refractivity contribution in [1.82, 2.24) is 5.32 Å². The predicted octanol–water partition coefficient (Wildman–Crippen LogP) is 1.64. The molecule has 0 saturated carbocycles. The van der Waals surface area contributed by atoms with Gasteiger partial charge < -0.3 is 11.1 Å². The number of benzene rings is 1. The molecule has 98 valence electrons. The highest BCUT2D eigenvalue weighted by molar-refractivity contribution is 5.82. The first-order chi connectivity index (χ1) is 8.61. The van der Waals surface area contributed by atoms with Crippen molar-refractivity contribution in [2.45, 2.75) is 45.2 Å². The van der Waals surface area contributed by atoms with Crippen molar-refractivity contribution in [3.8, 4) is 0 Å². The molecule has 0 heterocycles. The minimum absolute atomic E-state index is 0.0119. The molecule has 2 atom stereocenters. The molecule has 0 bridgehead atoms. The fraction of sp³-hybridized carbons (Fsp3) is 0.533. The Hall–Kier alpha value is -1.35. The number of carbonyl (C=O) groups is 1. The Labute approximate surface area is 109 Å². The van der Waals surface area contributed by atoms with Crippen LogP contribution in [0.1, 0.15) is 31.4 Å². The van der Waals surface area contributed by atoms with Gasteiger partial charge in [-0.2, -0.15) is 0 Å². The first-order valence-electron chi connectivity index (χ1n) is 6.74. The van der Waals surface area contributed by atoms with Crippen molar-refractivity contribution >= 4 is 5.91 Å². The summed E-state index contributed by atoms with van der Waals surface area (Å²) in [4.78, 5) is 12.0. The Balaban J connectivity index is 1.92. The van der Waals surface area contributed by atoms with E-state index in [1.54, 1.807) is 0 Å². The van der Waals surface area contributed by atoms with E-state index in [2.05, 4.69) is 24.4 Å². The van der Waals surface area contributed by atoms with Gasteiger partial charge in [-0.25, -0.2) is 0 Å². The van der Waals surface area contributed by atoms with Gasteiger partial charge in [0.05, 0.1) is 6.04 Å². The number of carbonyl (C=O) groups excluding carboxylic acids is 1. The fourth-order valence-corrected chi connectivity index (χ4v) is 2.47. The molecule has 1 aromatic rings. The molecule has 2 rings (SSSR count). The van der Waals surface area contributed by atoms with E-state index in [1.807, 2.05) is 19.1 Å². The Kier molecular flexibility index (Phi) is 4.02. The highest BCUT2D eigenvalue weighted by Gasteiger charge is 2.26. The quantitative estimate of drug-likeness (QED) is 0.848. The van der Waals surface area contributed by atoms with Crippen LogP contribution in [0.3, 0.4) is 0 Å². The third kappa shape index (κ3) is 2.72. The molecule has 0 aliphatic heterocycles. The second-order valence-electron chi connectivity index (χ2n) is 5.29. The van der Waals surface area contributed by atoms with Crippen LogP contribution in [0.25, 0.3) is 0 Å². The zero-order chi connectivity index (χ0) is 13.1. The van der Waals surface area contributed by atoms with E-state index in [-0.39, 0.29) is 17.9 Å². The van der Waals surface area contributed by atoms with Gasteiger partial charge in [0.1, 0.15) is 0 Å². The van der Waals surface area contributed by atoms with Crippen molar-refractivity contribution < 1.29 is 4.79 Å². The lowest BCUT2D eigenvalue weighted by Gasteiger charge is -2.20. The van der Waals surface area contributed by atoms with E-state index in [0.717, 1.165) is 19.3 Å². The monoisotopic (exact) mass is 246 g/mol. The summed E-state index contributed by atoms with van der Waals surface area (Å²) in [6.07, 6.45) is 2.78. The van der Waals surface area contributed by atoms with Gasteiger partial charge in [-0.3, -0.25) is 4.79 Å². The van der Waals surface area contributed by atoms with Crippen LogP contribution < -0.4 is 11.1 Å². The fourth-order valence-electron chi connectivity index (χ4n) is 2.47. The molecule has 1 amide bonds. The second-order valence-corrected chi connectivity index (χ2v) is 5.29. The Morgan fingerprint density at radius 1 is 1.39 bits per heavy atom. The average Bonchev–Trinajstić information content (AvgIpc) is 2.78. The van der Waals surface area contributed by atoms with Gasteiger partial charge >= 0.3 is 0 Å². The molecule has 0 fully saturated rings. The predicted molar refractivity (Wildman–Crippen MR) is 73.2 cm³/mol. The van der Waals surface area contributed by atoms with Crippen molar-refractivity contribution in [3.05, 3.63) is 35.4 Å². The van der Waals surface area contributed by atoms with E-state index >= 15 is 0 Å². The summed E-state index contributed by atoms with van der Waals surface area (Å²) >= 11 is 0. The number of amides is 1. The summed E-state index contributed by atoms with van der Waals surface area (Å²) in [5.41, 5.74) is 8.64. The van der Waals surface area contributed by atoms with Gasteiger partial charge in [-0.1, -0.05) is 44.5 Å². The lowest BCUT2D eigenvalue weighted by Crippen LogP contribution is -2.48. The number of rotatable bonds is 4. The van der Waals surface area contributed by atoms with Crippen molar-refractivity contribution in [2.75, 3.05) is 0 Å². The maximum Gasteiger partial charge on any atom is 0.237 e. The van der Waals surface area contributed by atoms with Gasteiger partial charge in [0.25, 0.3) is 0 Å². The maximum atomic E-state index is 12.0. The average molecular weight is 246 g/mol. The first kappa shape index (κ1) is 13.1. The maximum absolute atomic E-state index is 12.0. The van der Waals surface area contributed by atoms with Gasteiger partial charge in [0.15, 0.2) is 0 Å². The number of nitrogens with one attached hydrogen (secondary N) is 1. The highest BCUT2D eigenvalue weighted by atomic mass is 16.2. The van der Waals surface area contributed by atoms with Gasteiger partial charge in [0.2, 0.25) is 5.91 Å². The topological polar surface area (TPSA) is 55.1 Å². The summed E-state index contributed by atoms with van der Waals surface area (Å²) in [5, 5.41) is 3.08. The SMILES string of the molecule is CC[C@H](C)[C@H](N)C(=O)NC1Cc2ccccc2C1. The lowest BCUT2D eigenvalue weighted by atomic mass is 9.99. The third-order valence-corrected chi connectivity index (χ3v) is 3.96. The molecule has 3 nitrogen and oxygen atoms in total. The molecule has 0 spiro atoms. The molecule has 3 N–H and O–H groups in total. The first-order valence-corrected chi connectivity index (χ1v) is 6.74. The molecule has 1 aliphatic carbocycles. The number of nitrogens with two attached hydrogens (primary N) is 1. The second kappa shape index (κ2) is 5.53. The van der Waals surface area contributed by atoms with Gasteiger partial charge in [-0.15, -0.1) is 0 Å². The molecular formula is C15H22N2O. The summed E-state index contributed by atoms with van der Waals surface area (Å²) < 4.78 is 0. The van der Waals surface area contributed by atoms with Crippen LogP contribution >= 0.6 is 0 Å². The lowest BCUT2D eigenvalue weighted by molar-refractivity contribution is -0.124. The largest absolute Gasteiger partial charge is 0.351 e. The molecule has 0 aromatic heterocycles. The molecule has 1 aromatic carbocycles. The minimum atomic E-state index is -0.390. The molecule has 3 heteroatoms.